The molecule has 0 aliphatic heterocycles. The SMILES string of the molecule is CN(C)c1ccc(-c2nnc(-c3ccccc3)nn2)cc1. The van der Waals surface area contributed by atoms with Crippen molar-refractivity contribution >= 4 is 5.69 Å². The Labute approximate surface area is 123 Å². The zero-order valence-electron chi connectivity index (χ0n) is 11.9. The monoisotopic (exact) mass is 277 g/mol. The maximum Gasteiger partial charge on any atom is 0.203 e. The van der Waals surface area contributed by atoms with Crippen LogP contribution >= 0.6 is 0 Å². The van der Waals surface area contributed by atoms with E-state index in [0.29, 0.717) is 11.6 Å². The Kier molecular flexibility index (Phi) is 3.55. The quantitative estimate of drug-likeness (QED) is 0.736. The molecule has 0 unspecified atom stereocenters. The van der Waals surface area contributed by atoms with Crippen LogP contribution in [0.25, 0.3) is 22.8 Å². The summed E-state index contributed by atoms with van der Waals surface area (Å²) in [5.41, 5.74) is 2.94. The molecule has 5 nitrogen and oxygen atoms in total. The second kappa shape index (κ2) is 5.66. The molecule has 2 aromatic carbocycles. The fourth-order valence-corrected chi connectivity index (χ4v) is 1.96. The zero-order valence-corrected chi connectivity index (χ0v) is 11.9. The van der Waals surface area contributed by atoms with Crippen LogP contribution in [0.3, 0.4) is 0 Å². The summed E-state index contributed by atoms with van der Waals surface area (Å²) >= 11 is 0. The van der Waals surface area contributed by atoms with Crippen molar-refractivity contribution in [1.82, 2.24) is 20.4 Å². The second-order valence-corrected chi connectivity index (χ2v) is 4.85. The van der Waals surface area contributed by atoms with E-state index in [1.807, 2.05) is 73.6 Å². The normalized spacial score (nSPS) is 10.4. The van der Waals surface area contributed by atoms with Gasteiger partial charge in [-0.3, -0.25) is 0 Å². The van der Waals surface area contributed by atoms with Crippen molar-refractivity contribution in [1.29, 1.82) is 0 Å². The first-order valence-electron chi connectivity index (χ1n) is 6.64. The highest BCUT2D eigenvalue weighted by atomic mass is 15.3. The van der Waals surface area contributed by atoms with Crippen molar-refractivity contribution in [2.45, 2.75) is 0 Å². The summed E-state index contributed by atoms with van der Waals surface area (Å²) in [6.07, 6.45) is 0. The lowest BCUT2D eigenvalue weighted by atomic mass is 10.2. The first kappa shape index (κ1) is 13.2. The Morgan fingerprint density at radius 2 is 1.10 bits per heavy atom. The molecule has 0 bridgehead atoms. The minimum absolute atomic E-state index is 0.528. The fraction of sp³-hybridized carbons (Fsp3) is 0.125. The van der Waals surface area contributed by atoms with Gasteiger partial charge in [0.05, 0.1) is 0 Å². The maximum absolute atomic E-state index is 4.16. The van der Waals surface area contributed by atoms with E-state index in [1.165, 1.54) is 0 Å². The van der Waals surface area contributed by atoms with E-state index in [2.05, 4.69) is 20.4 Å². The highest BCUT2D eigenvalue weighted by Crippen LogP contribution is 2.19. The Hall–Kier alpha value is -2.82. The molecule has 0 atom stereocenters. The summed E-state index contributed by atoms with van der Waals surface area (Å²) in [4.78, 5) is 2.04. The Morgan fingerprint density at radius 3 is 1.57 bits per heavy atom. The van der Waals surface area contributed by atoms with Crippen LogP contribution in [0, 0.1) is 0 Å². The summed E-state index contributed by atoms with van der Waals surface area (Å²) in [5, 5.41) is 16.6. The van der Waals surface area contributed by atoms with E-state index >= 15 is 0 Å². The standard InChI is InChI=1S/C16H15N5/c1-21(2)14-10-8-13(9-11-14)16-19-17-15(18-20-16)12-6-4-3-5-7-12/h3-11H,1-2H3. The average molecular weight is 277 g/mol. The molecule has 3 rings (SSSR count). The third kappa shape index (κ3) is 2.86. The third-order valence-corrected chi connectivity index (χ3v) is 3.15. The molecule has 3 aromatic rings. The summed E-state index contributed by atoms with van der Waals surface area (Å²) < 4.78 is 0. The first-order chi connectivity index (χ1) is 10.2. The third-order valence-electron chi connectivity index (χ3n) is 3.15. The van der Waals surface area contributed by atoms with E-state index < -0.39 is 0 Å². The van der Waals surface area contributed by atoms with Gasteiger partial charge in [-0.25, -0.2) is 0 Å². The molecule has 0 N–H and O–H groups in total. The van der Waals surface area contributed by atoms with Gasteiger partial charge in [0.1, 0.15) is 0 Å². The van der Waals surface area contributed by atoms with Crippen LogP contribution < -0.4 is 4.90 Å². The number of hydrogen-bond donors (Lipinski definition) is 0. The molecular formula is C16H15N5. The van der Waals surface area contributed by atoms with E-state index in [0.717, 1.165) is 16.8 Å². The number of rotatable bonds is 3. The smallest absolute Gasteiger partial charge is 0.203 e. The molecule has 0 amide bonds. The van der Waals surface area contributed by atoms with Gasteiger partial charge in [-0.1, -0.05) is 30.3 Å². The van der Waals surface area contributed by atoms with Gasteiger partial charge in [0, 0.05) is 30.9 Å². The predicted molar refractivity (Wildman–Crippen MR) is 82.8 cm³/mol. The lowest BCUT2D eigenvalue weighted by Gasteiger charge is -2.12. The van der Waals surface area contributed by atoms with Crippen molar-refractivity contribution in [2.24, 2.45) is 0 Å². The maximum atomic E-state index is 4.16. The highest BCUT2D eigenvalue weighted by Gasteiger charge is 2.06. The molecule has 5 heteroatoms. The van der Waals surface area contributed by atoms with Gasteiger partial charge in [-0.05, 0) is 24.3 Å². The number of aromatic nitrogens is 4. The van der Waals surface area contributed by atoms with Crippen LogP contribution in [0.5, 0.6) is 0 Å². The molecule has 0 spiro atoms. The van der Waals surface area contributed by atoms with Crippen LogP contribution in [-0.4, -0.2) is 34.5 Å². The summed E-state index contributed by atoms with van der Waals surface area (Å²) in [6.45, 7) is 0. The van der Waals surface area contributed by atoms with Crippen molar-refractivity contribution in [3.8, 4) is 22.8 Å². The Bertz CT molecular complexity index is 706. The molecule has 0 radical (unpaired) electrons. The van der Waals surface area contributed by atoms with Crippen molar-refractivity contribution < 1.29 is 0 Å². The molecule has 1 aromatic heterocycles. The van der Waals surface area contributed by atoms with Crippen molar-refractivity contribution in [2.75, 3.05) is 19.0 Å². The Balaban J connectivity index is 1.87. The largest absolute Gasteiger partial charge is 0.378 e. The van der Waals surface area contributed by atoms with Crippen LogP contribution in [0.2, 0.25) is 0 Å². The van der Waals surface area contributed by atoms with Gasteiger partial charge in [0.2, 0.25) is 11.6 Å². The Morgan fingerprint density at radius 1 is 0.619 bits per heavy atom. The van der Waals surface area contributed by atoms with Crippen molar-refractivity contribution in [3.05, 3.63) is 54.6 Å². The number of benzene rings is 2. The van der Waals surface area contributed by atoms with E-state index in [-0.39, 0.29) is 0 Å². The summed E-state index contributed by atoms with van der Waals surface area (Å²) in [5.74, 6) is 1.06. The van der Waals surface area contributed by atoms with Gasteiger partial charge < -0.3 is 4.90 Å². The summed E-state index contributed by atoms with van der Waals surface area (Å²) in [7, 11) is 4.01. The van der Waals surface area contributed by atoms with Crippen LogP contribution in [-0.2, 0) is 0 Å². The van der Waals surface area contributed by atoms with Crippen LogP contribution in [0.15, 0.2) is 54.6 Å². The molecule has 0 fully saturated rings. The van der Waals surface area contributed by atoms with E-state index in [4.69, 9.17) is 0 Å². The minimum atomic E-state index is 0.528. The minimum Gasteiger partial charge on any atom is -0.378 e. The number of nitrogens with zero attached hydrogens (tertiary/aromatic N) is 5. The van der Waals surface area contributed by atoms with E-state index in [9.17, 15) is 0 Å². The fourth-order valence-electron chi connectivity index (χ4n) is 1.96. The first-order valence-corrected chi connectivity index (χ1v) is 6.64. The van der Waals surface area contributed by atoms with Gasteiger partial charge in [-0.15, -0.1) is 20.4 Å². The highest BCUT2D eigenvalue weighted by molar-refractivity contribution is 5.60. The van der Waals surface area contributed by atoms with Gasteiger partial charge in [0.25, 0.3) is 0 Å². The lowest BCUT2D eigenvalue weighted by molar-refractivity contribution is 0.876. The predicted octanol–water partition coefficient (Wildman–Crippen LogP) is 2.67. The van der Waals surface area contributed by atoms with Crippen LogP contribution in [0.4, 0.5) is 5.69 Å². The van der Waals surface area contributed by atoms with Gasteiger partial charge >= 0.3 is 0 Å². The molecule has 0 aliphatic rings. The lowest BCUT2D eigenvalue weighted by Crippen LogP contribution is -2.08. The van der Waals surface area contributed by atoms with Crippen LogP contribution in [0.1, 0.15) is 0 Å². The van der Waals surface area contributed by atoms with Gasteiger partial charge in [-0.2, -0.15) is 0 Å². The molecule has 104 valence electrons. The zero-order chi connectivity index (χ0) is 14.7. The number of hydrogen-bond acceptors (Lipinski definition) is 5. The molecule has 0 aliphatic carbocycles. The summed E-state index contributed by atoms with van der Waals surface area (Å²) in [6, 6.07) is 17.7. The molecule has 0 saturated heterocycles. The molecular weight excluding hydrogens is 262 g/mol. The molecule has 0 saturated carbocycles. The van der Waals surface area contributed by atoms with Gasteiger partial charge in [0.15, 0.2) is 0 Å². The molecule has 21 heavy (non-hydrogen) atoms. The second-order valence-electron chi connectivity index (χ2n) is 4.85. The number of anilines is 1. The van der Waals surface area contributed by atoms with E-state index in [1.54, 1.807) is 0 Å². The average Bonchev–Trinajstić information content (AvgIpc) is 2.56. The molecule has 1 heterocycles. The topological polar surface area (TPSA) is 54.8 Å². The van der Waals surface area contributed by atoms with Crippen molar-refractivity contribution in [3.63, 3.8) is 0 Å².